The Hall–Kier alpha value is -3.65. The van der Waals surface area contributed by atoms with Crippen molar-refractivity contribution < 1.29 is 18.0 Å². The van der Waals surface area contributed by atoms with E-state index in [1.807, 2.05) is 13.0 Å². The van der Waals surface area contributed by atoms with E-state index in [-0.39, 0.29) is 28.2 Å². The maximum Gasteiger partial charge on any atom is 0.243 e. The normalized spacial score (nSPS) is 10.9. The number of hydrogen-bond acceptors (Lipinski definition) is 5. The molecule has 0 aliphatic rings. The minimum atomic E-state index is -3.75. The second-order valence-corrected chi connectivity index (χ2v) is 9.08. The molecule has 3 N–H and O–H groups in total. The van der Waals surface area contributed by atoms with E-state index in [2.05, 4.69) is 16.0 Å². The number of carbonyl (C=O) groups is 2. The van der Waals surface area contributed by atoms with Crippen molar-refractivity contribution in [3.63, 3.8) is 0 Å². The van der Waals surface area contributed by atoms with Crippen LogP contribution in [-0.2, 0) is 25.8 Å². The summed E-state index contributed by atoms with van der Waals surface area (Å²) in [6.07, 6.45) is 0.687. The summed E-state index contributed by atoms with van der Waals surface area (Å²) in [7, 11) is -3.75. The Morgan fingerprint density at radius 3 is 2.06 bits per heavy atom. The zero-order valence-corrected chi connectivity index (χ0v) is 18.7. The summed E-state index contributed by atoms with van der Waals surface area (Å²) < 4.78 is 26.4. The van der Waals surface area contributed by atoms with Gasteiger partial charge in [0.2, 0.25) is 21.7 Å². The molecule has 166 valence electrons. The maximum absolute atomic E-state index is 13.2. The Morgan fingerprint density at radius 1 is 0.844 bits per heavy atom. The van der Waals surface area contributed by atoms with Gasteiger partial charge in [-0.25, -0.2) is 8.42 Å². The van der Waals surface area contributed by atoms with Crippen molar-refractivity contribution in [2.24, 2.45) is 0 Å². The second-order valence-electron chi connectivity index (χ2n) is 7.16. The molecule has 0 aliphatic heterocycles. The van der Waals surface area contributed by atoms with Gasteiger partial charge in [-0.05, 0) is 60.5 Å². The van der Waals surface area contributed by atoms with Crippen LogP contribution in [0.5, 0.6) is 0 Å². The van der Waals surface area contributed by atoms with Crippen LogP contribution in [0.25, 0.3) is 0 Å². The molecule has 0 fully saturated rings. The minimum absolute atomic E-state index is 0.115. The van der Waals surface area contributed by atoms with E-state index in [4.69, 9.17) is 0 Å². The highest BCUT2D eigenvalue weighted by Crippen LogP contribution is 2.29. The van der Waals surface area contributed by atoms with Crippen molar-refractivity contribution in [1.29, 1.82) is 0 Å². The van der Waals surface area contributed by atoms with Crippen LogP contribution in [0.3, 0.4) is 0 Å². The largest absolute Gasteiger partial charge is 0.375 e. The number of sulfone groups is 1. The van der Waals surface area contributed by atoms with E-state index in [9.17, 15) is 18.0 Å². The standard InChI is InChI=1S/C24H25N3O4S/c1-3-18-9-14-22(23(15-18)32(30,31)21-7-5-4-6-8-21)25-16-24(29)27-20-12-10-19(11-13-20)26-17(2)28/h4-15,25H,3,16H2,1-2H3,(H,26,28)(H,27,29). The van der Waals surface area contributed by atoms with Crippen LogP contribution < -0.4 is 16.0 Å². The lowest BCUT2D eigenvalue weighted by Crippen LogP contribution is -2.22. The van der Waals surface area contributed by atoms with Crippen molar-refractivity contribution in [3.05, 3.63) is 78.4 Å². The van der Waals surface area contributed by atoms with Crippen LogP contribution in [0.4, 0.5) is 17.1 Å². The molecule has 0 unspecified atom stereocenters. The maximum atomic E-state index is 13.2. The van der Waals surface area contributed by atoms with Gasteiger partial charge in [-0.3, -0.25) is 9.59 Å². The molecule has 0 bridgehead atoms. The Morgan fingerprint density at radius 2 is 1.47 bits per heavy atom. The van der Waals surface area contributed by atoms with Crippen LogP contribution in [-0.4, -0.2) is 26.8 Å². The van der Waals surface area contributed by atoms with Crippen LogP contribution in [0, 0.1) is 0 Å². The predicted octanol–water partition coefficient (Wildman–Crippen LogP) is 4.09. The molecule has 0 saturated carbocycles. The van der Waals surface area contributed by atoms with Crippen molar-refractivity contribution in [2.45, 2.75) is 30.1 Å². The quantitative estimate of drug-likeness (QED) is 0.479. The molecule has 0 aromatic heterocycles. The first-order valence-electron chi connectivity index (χ1n) is 10.1. The lowest BCUT2D eigenvalue weighted by Gasteiger charge is -2.14. The van der Waals surface area contributed by atoms with E-state index in [1.165, 1.54) is 6.92 Å². The number of benzene rings is 3. The molecule has 0 spiro atoms. The van der Waals surface area contributed by atoms with E-state index in [0.29, 0.717) is 23.5 Å². The third-order valence-corrected chi connectivity index (χ3v) is 6.54. The number of amides is 2. The van der Waals surface area contributed by atoms with Crippen LogP contribution in [0.1, 0.15) is 19.4 Å². The number of hydrogen-bond donors (Lipinski definition) is 3. The highest BCUT2D eigenvalue weighted by atomic mass is 32.2. The van der Waals surface area contributed by atoms with Gasteiger partial charge >= 0.3 is 0 Å². The van der Waals surface area contributed by atoms with Gasteiger partial charge in [-0.1, -0.05) is 31.2 Å². The molecule has 3 aromatic carbocycles. The average Bonchev–Trinajstić information content (AvgIpc) is 2.79. The van der Waals surface area contributed by atoms with Gasteiger partial charge in [0.1, 0.15) is 0 Å². The molecule has 3 aromatic rings. The molecular weight excluding hydrogens is 426 g/mol. The summed E-state index contributed by atoms with van der Waals surface area (Å²) >= 11 is 0. The summed E-state index contributed by atoms with van der Waals surface area (Å²) in [5.41, 5.74) is 2.43. The SMILES string of the molecule is CCc1ccc(NCC(=O)Nc2ccc(NC(C)=O)cc2)c(S(=O)(=O)c2ccccc2)c1. The molecule has 0 aliphatic carbocycles. The number of anilines is 3. The van der Waals surface area contributed by atoms with Crippen LogP contribution in [0.2, 0.25) is 0 Å². The molecule has 0 heterocycles. The fourth-order valence-corrected chi connectivity index (χ4v) is 4.61. The fourth-order valence-electron chi connectivity index (χ4n) is 3.10. The molecule has 0 saturated heterocycles. The molecule has 0 atom stereocenters. The van der Waals surface area contributed by atoms with Crippen LogP contribution in [0.15, 0.2) is 82.6 Å². The fraction of sp³-hybridized carbons (Fsp3) is 0.167. The van der Waals surface area contributed by atoms with Gasteiger partial charge in [0.05, 0.1) is 22.0 Å². The van der Waals surface area contributed by atoms with Gasteiger partial charge in [0, 0.05) is 18.3 Å². The van der Waals surface area contributed by atoms with E-state index >= 15 is 0 Å². The first kappa shape index (κ1) is 23.0. The first-order chi connectivity index (χ1) is 15.3. The zero-order chi connectivity index (χ0) is 23.1. The monoisotopic (exact) mass is 451 g/mol. The molecule has 32 heavy (non-hydrogen) atoms. The van der Waals surface area contributed by atoms with Crippen LogP contribution >= 0.6 is 0 Å². The number of nitrogens with one attached hydrogen (secondary N) is 3. The topological polar surface area (TPSA) is 104 Å². The highest BCUT2D eigenvalue weighted by molar-refractivity contribution is 7.91. The zero-order valence-electron chi connectivity index (χ0n) is 17.9. The average molecular weight is 452 g/mol. The third-order valence-electron chi connectivity index (χ3n) is 4.73. The number of aryl methyl sites for hydroxylation is 1. The third kappa shape index (κ3) is 5.73. The van der Waals surface area contributed by atoms with Crippen molar-refractivity contribution >= 4 is 38.7 Å². The Kier molecular flexibility index (Phi) is 7.27. The minimum Gasteiger partial charge on any atom is -0.375 e. The summed E-state index contributed by atoms with van der Waals surface area (Å²) in [5, 5.41) is 8.35. The lowest BCUT2D eigenvalue weighted by molar-refractivity contribution is -0.115. The van der Waals surface area contributed by atoms with E-state index < -0.39 is 9.84 Å². The number of carbonyl (C=O) groups excluding carboxylic acids is 2. The van der Waals surface area contributed by atoms with Crippen molar-refractivity contribution in [1.82, 2.24) is 0 Å². The first-order valence-corrected chi connectivity index (χ1v) is 11.6. The summed E-state index contributed by atoms with van der Waals surface area (Å²) in [4.78, 5) is 23.8. The van der Waals surface area contributed by atoms with Gasteiger partial charge in [0.15, 0.2) is 0 Å². The summed E-state index contributed by atoms with van der Waals surface area (Å²) in [5.74, 6) is -0.513. The Bertz CT molecular complexity index is 1210. The number of rotatable bonds is 8. The highest BCUT2D eigenvalue weighted by Gasteiger charge is 2.22. The van der Waals surface area contributed by atoms with E-state index in [1.54, 1.807) is 66.7 Å². The molecular formula is C24H25N3O4S. The van der Waals surface area contributed by atoms with Crippen molar-refractivity contribution in [2.75, 3.05) is 22.5 Å². The van der Waals surface area contributed by atoms with Gasteiger partial charge in [-0.15, -0.1) is 0 Å². The lowest BCUT2D eigenvalue weighted by atomic mass is 10.1. The van der Waals surface area contributed by atoms with Crippen molar-refractivity contribution in [3.8, 4) is 0 Å². The molecule has 8 heteroatoms. The molecule has 7 nitrogen and oxygen atoms in total. The van der Waals surface area contributed by atoms with Gasteiger partial charge in [-0.2, -0.15) is 0 Å². The van der Waals surface area contributed by atoms with E-state index in [0.717, 1.165) is 5.56 Å². The second kappa shape index (κ2) is 10.1. The smallest absolute Gasteiger partial charge is 0.243 e. The Balaban J connectivity index is 1.75. The molecule has 0 radical (unpaired) electrons. The Labute approximate surface area is 187 Å². The molecule has 2 amide bonds. The molecule has 3 rings (SSSR count). The predicted molar refractivity (Wildman–Crippen MR) is 126 cm³/mol. The summed E-state index contributed by atoms with van der Waals surface area (Å²) in [6.45, 7) is 3.25. The van der Waals surface area contributed by atoms with Gasteiger partial charge < -0.3 is 16.0 Å². The van der Waals surface area contributed by atoms with Gasteiger partial charge in [0.25, 0.3) is 0 Å². The summed E-state index contributed by atoms with van der Waals surface area (Å²) in [6, 6.07) is 20.1.